The van der Waals surface area contributed by atoms with Crippen LogP contribution in [0.2, 0.25) is 0 Å². The number of nitrogens with one attached hydrogen (secondary N) is 1. The first kappa shape index (κ1) is 13.8. The van der Waals surface area contributed by atoms with Crippen LogP contribution in [0.1, 0.15) is 36.6 Å². The fraction of sp³-hybridized carbons (Fsp3) is 0.333. The van der Waals surface area contributed by atoms with Crippen LogP contribution in [0.4, 0.5) is 0 Å². The Morgan fingerprint density at radius 1 is 0.947 bits per heavy atom. The Morgan fingerprint density at radius 2 is 1.68 bits per heavy atom. The predicted octanol–water partition coefficient (Wildman–Crippen LogP) is 4.64. The van der Waals surface area contributed by atoms with E-state index in [1.165, 1.54) is 27.8 Å². The van der Waals surface area contributed by atoms with Crippen molar-refractivity contribution in [2.75, 3.05) is 6.54 Å². The van der Waals surface area contributed by atoms with Crippen molar-refractivity contribution in [1.29, 1.82) is 0 Å². The molecule has 1 nitrogen and oxygen atoms in total. The molecule has 2 rings (SSSR count). The van der Waals surface area contributed by atoms with E-state index in [1.54, 1.807) is 0 Å². The van der Waals surface area contributed by atoms with E-state index < -0.39 is 0 Å². The summed E-state index contributed by atoms with van der Waals surface area (Å²) in [4.78, 5) is 0. The SMILES string of the molecule is CCNC(C)c1cccc(-c2ccc(C)c(C)c2)c1. The summed E-state index contributed by atoms with van der Waals surface area (Å²) >= 11 is 0. The van der Waals surface area contributed by atoms with E-state index in [2.05, 4.69) is 75.5 Å². The van der Waals surface area contributed by atoms with Crippen LogP contribution in [0.15, 0.2) is 42.5 Å². The molecule has 0 aromatic heterocycles. The molecule has 1 atom stereocenters. The van der Waals surface area contributed by atoms with Crippen molar-refractivity contribution in [3.8, 4) is 11.1 Å². The molecule has 0 fully saturated rings. The molecule has 0 aliphatic rings. The summed E-state index contributed by atoms with van der Waals surface area (Å²) in [5, 5.41) is 3.46. The molecule has 0 aliphatic heterocycles. The molecule has 0 amide bonds. The lowest BCUT2D eigenvalue weighted by molar-refractivity contribution is 0.598. The van der Waals surface area contributed by atoms with Gasteiger partial charge in [-0.05, 0) is 61.2 Å². The van der Waals surface area contributed by atoms with Gasteiger partial charge in [-0.3, -0.25) is 0 Å². The zero-order chi connectivity index (χ0) is 13.8. The molecule has 0 saturated carbocycles. The second-order valence-corrected chi connectivity index (χ2v) is 5.20. The van der Waals surface area contributed by atoms with Gasteiger partial charge >= 0.3 is 0 Å². The number of benzene rings is 2. The molecule has 2 aromatic carbocycles. The zero-order valence-corrected chi connectivity index (χ0v) is 12.3. The Kier molecular flexibility index (Phi) is 4.39. The fourth-order valence-corrected chi connectivity index (χ4v) is 2.33. The van der Waals surface area contributed by atoms with E-state index in [-0.39, 0.29) is 0 Å². The minimum absolute atomic E-state index is 0.400. The molecular weight excluding hydrogens is 230 g/mol. The van der Waals surface area contributed by atoms with Crippen molar-refractivity contribution in [2.24, 2.45) is 0 Å². The first-order valence-corrected chi connectivity index (χ1v) is 7.02. The summed E-state index contributed by atoms with van der Waals surface area (Å²) in [6.07, 6.45) is 0. The molecule has 1 unspecified atom stereocenters. The highest BCUT2D eigenvalue weighted by molar-refractivity contribution is 5.65. The molecule has 0 heterocycles. The number of aryl methyl sites for hydroxylation is 2. The largest absolute Gasteiger partial charge is 0.310 e. The third kappa shape index (κ3) is 3.24. The van der Waals surface area contributed by atoms with Crippen molar-refractivity contribution in [2.45, 2.75) is 33.7 Å². The van der Waals surface area contributed by atoms with Crippen LogP contribution in [0.5, 0.6) is 0 Å². The van der Waals surface area contributed by atoms with E-state index in [0.29, 0.717) is 6.04 Å². The monoisotopic (exact) mass is 253 g/mol. The maximum atomic E-state index is 3.46. The van der Waals surface area contributed by atoms with Crippen LogP contribution in [0, 0.1) is 13.8 Å². The van der Waals surface area contributed by atoms with Gasteiger partial charge in [0.1, 0.15) is 0 Å². The summed E-state index contributed by atoms with van der Waals surface area (Å²) in [7, 11) is 0. The van der Waals surface area contributed by atoms with Crippen LogP contribution >= 0.6 is 0 Å². The summed E-state index contributed by atoms with van der Waals surface area (Å²) in [6, 6.07) is 15.9. The lowest BCUT2D eigenvalue weighted by Gasteiger charge is -2.14. The van der Waals surface area contributed by atoms with E-state index in [0.717, 1.165) is 6.54 Å². The van der Waals surface area contributed by atoms with Gasteiger partial charge in [-0.2, -0.15) is 0 Å². The van der Waals surface area contributed by atoms with Crippen molar-refractivity contribution < 1.29 is 0 Å². The van der Waals surface area contributed by atoms with E-state index in [1.807, 2.05) is 0 Å². The zero-order valence-electron chi connectivity index (χ0n) is 12.3. The Labute approximate surface area is 116 Å². The normalized spacial score (nSPS) is 12.4. The van der Waals surface area contributed by atoms with Crippen molar-refractivity contribution in [3.63, 3.8) is 0 Å². The lowest BCUT2D eigenvalue weighted by Crippen LogP contribution is -2.17. The van der Waals surface area contributed by atoms with Gasteiger partial charge in [-0.15, -0.1) is 0 Å². The maximum absolute atomic E-state index is 3.46. The van der Waals surface area contributed by atoms with Crippen LogP contribution < -0.4 is 5.32 Å². The summed E-state index contributed by atoms with van der Waals surface area (Å²) in [5.41, 5.74) is 6.64. The molecular formula is C18H23N. The minimum Gasteiger partial charge on any atom is -0.310 e. The van der Waals surface area contributed by atoms with Gasteiger partial charge in [0, 0.05) is 6.04 Å². The molecule has 0 radical (unpaired) electrons. The first-order valence-electron chi connectivity index (χ1n) is 7.02. The van der Waals surface area contributed by atoms with Crippen LogP contribution in [0.25, 0.3) is 11.1 Å². The van der Waals surface area contributed by atoms with E-state index in [4.69, 9.17) is 0 Å². The molecule has 0 bridgehead atoms. The van der Waals surface area contributed by atoms with Gasteiger partial charge in [-0.1, -0.05) is 43.3 Å². The molecule has 1 N–H and O–H groups in total. The highest BCUT2D eigenvalue weighted by Crippen LogP contribution is 2.25. The van der Waals surface area contributed by atoms with Crippen LogP contribution in [-0.2, 0) is 0 Å². The summed E-state index contributed by atoms with van der Waals surface area (Å²) < 4.78 is 0. The Bertz CT molecular complexity index is 557. The van der Waals surface area contributed by atoms with Gasteiger partial charge < -0.3 is 5.32 Å². The second kappa shape index (κ2) is 6.03. The van der Waals surface area contributed by atoms with Gasteiger partial charge in [0.15, 0.2) is 0 Å². The van der Waals surface area contributed by atoms with Crippen LogP contribution in [-0.4, -0.2) is 6.54 Å². The lowest BCUT2D eigenvalue weighted by atomic mass is 9.97. The molecule has 0 saturated heterocycles. The average molecular weight is 253 g/mol. The highest BCUT2D eigenvalue weighted by atomic mass is 14.9. The first-order chi connectivity index (χ1) is 9.11. The minimum atomic E-state index is 0.400. The molecule has 1 heteroatoms. The molecule has 2 aromatic rings. The molecule has 100 valence electrons. The fourth-order valence-electron chi connectivity index (χ4n) is 2.33. The van der Waals surface area contributed by atoms with Gasteiger partial charge in [-0.25, -0.2) is 0 Å². The van der Waals surface area contributed by atoms with Gasteiger partial charge in [0.25, 0.3) is 0 Å². The standard InChI is InChI=1S/C18H23N/c1-5-19-15(4)16-7-6-8-17(12-16)18-10-9-13(2)14(3)11-18/h6-12,15,19H,5H2,1-4H3. The number of rotatable bonds is 4. The average Bonchev–Trinajstić information content (AvgIpc) is 2.42. The molecule has 19 heavy (non-hydrogen) atoms. The Hall–Kier alpha value is -1.60. The van der Waals surface area contributed by atoms with Crippen molar-refractivity contribution in [3.05, 3.63) is 59.2 Å². The van der Waals surface area contributed by atoms with E-state index >= 15 is 0 Å². The topological polar surface area (TPSA) is 12.0 Å². The van der Waals surface area contributed by atoms with Crippen molar-refractivity contribution in [1.82, 2.24) is 5.32 Å². The Balaban J connectivity index is 2.34. The third-order valence-corrected chi connectivity index (χ3v) is 3.74. The number of hydrogen-bond acceptors (Lipinski definition) is 1. The van der Waals surface area contributed by atoms with Crippen LogP contribution in [0.3, 0.4) is 0 Å². The van der Waals surface area contributed by atoms with Gasteiger partial charge in [0.05, 0.1) is 0 Å². The predicted molar refractivity (Wildman–Crippen MR) is 83.4 cm³/mol. The highest BCUT2D eigenvalue weighted by Gasteiger charge is 2.06. The van der Waals surface area contributed by atoms with Crippen molar-refractivity contribution >= 4 is 0 Å². The Morgan fingerprint density at radius 3 is 2.37 bits per heavy atom. The summed E-state index contributed by atoms with van der Waals surface area (Å²) in [6.45, 7) is 9.68. The maximum Gasteiger partial charge on any atom is 0.0291 e. The van der Waals surface area contributed by atoms with Gasteiger partial charge in [0.2, 0.25) is 0 Å². The smallest absolute Gasteiger partial charge is 0.0291 e. The summed E-state index contributed by atoms with van der Waals surface area (Å²) in [5.74, 6) is 0. The molecule has 0 spiro atoms. The second-order valence-electron chi connectivity index (χ2n) is 5.20. The molecule has 0 aliphatic carbocycles. The van der Waals surface area contributed by atoms with E-state index in [9.17, 15) is 0 Å². The third-order valence-electron chi connectivity index (χ3n) is 3.74. The quantitative estimate of drug-likeness (QED) is 0.837. The number of hydrogen-bond donors (Lipinski definition) is 1.